The number of amides is 2. The molecular weight excluding hydrogens is 452 g/mol. The van der Waals surface area contributed by atoms with E-state index in [1.165, 1.54) is 18.2 Å². The fourth-order valence-corrected chi connectivity index (χ4v) is 4.97. The van der Waals surface area contributed by atoms with Gasteiger partial charge in [0.1, 0.15) is 12.4 Å². The van der Waals surface area contributed by atoms with Crippen molar-refractivity contribution in [3.05, 3.63) is 88.9 Å². The molecule has 9 heteroatoms. The van der Waals surface area contributed by atoms with Crippen LogP contribution in [0.1, 0.15) is 22.3 Å². The van der Waals surface area contributed by atoms with Gasteiger partial charge in [-0.25, -0.2) is 12.7 Å². The summed E-state index contributed by atoms with van der Waals surface area (Å²) >= 11 is 6.22. The first-order chi connectivity index (χ1) is 15.3. The smallest absolute Gasteiger partial charge is 0.257 e. The van der Waals surface area contributed by atoms with Crippen LogP contribution in [0.25, 0.3) is 0 Å². The molecule has 2 amide bonds. The molecule has 1 aliphatic rings. The van der Waals surface area contributed by atoms with E-state index in [9.17, 15) is 18.0 Å². The summed E-state index contributed by atoms with van der Waals surface area (Å²) in [6, 6.07) is 20.7. The van der Waals surface area contributed by atoms with Crippen LogP contribution in [-0.4, -0.2) is 26.0 Å². The summed E-state index contributed by atoms with van der Waals surface area (Å²) in [6.45, 7) is 0.434. The van der Waals surface area contributed by atoms with Crippen LogP contribution in [0.15, 0.2) is 72.8 Å². The molecular formula is C23H19ClN2O5S. The Morgan fingerprint density at radius 1 is 1.03 bits per heavy atom. The van der Waals surface area contributed by atoms with Crippen LogP contribution in [0.5, 0.6) is 5.75 Å². The molecule has 1 heterocycles. The number of carbonyl (C=O) groups is 2. The number of hydrogen-bond acceptors (Lipinski definition) is 5. The van der Waals surface area contributed by atoms with Crippen LogP contribution < -0.4 is 14.4 Å². The van der Waals surface area contributed by atoms with E-state index in [1.807, 2.05) is 30.3 Å². The van der Waals surface area contributed by atoms with E-state index in [0.29, 0.717) is 18.0 Å². The fraction of sp³-hybridized carbons (Fsp3) is 0.130. The van der Waals surface area contributed by atoms with E-state index >= 15 is 0 Å². The van der Waals surface area contributed by atoms with Gasteiger partial charge < -0.3 is 10.1 Å². The number of hydrogen-bond donors (Lipinski definition) is 1. The largest absolute Gasteiger partial charge is 0.489 e. The summed E-state index contributed by atoms with van der Waals surface area (Å²) in [5.41, 5.74) is 1.86. The van der Waals surface area contributed by atoms with Crippen molar-refractivity contribution in [3.63, 3.8) is 0 Å². The maximum absolute atomic E-state index is 12.6. The molecule has 0 saturated carbocycles. The first-order valence-electron chi connectivity index (χ1n) is 9.77. The monoisotopic (exact) mass is 470 g/mol. The van der Waals surface area contributed by atoms with E-state index in [1.54, 1.807) is 24.3 Å². The highest BCUT2D eigenvalue weighted by atomic mass is 35.5. The van der Waals surface area contributed by atoms with Crippen molar-refractivity contribution in [2.45, 2.75) is 13.0 Å². The van der Waals surface area contributed by atoms with Gasteiger partial charge in [0.25, 0.3) is 5.91 Å². The van der Waals surface area contributed by atoms with Crippen LogP contribution in [0.2, 0.25) is 5.02 Å². The lowest BCUT2D eigenvalue weighted by Gasteiger charge is -2.16. The number of halogens is 1. The van der Waals surface area contributed by atoms with Crippen LogP contribution in [0.4, 0.5) is 11.4 Å². The summed E-state index contributed by atoms with van der Waals surface area (Å²) in [4.78, 5) is 24.6. The quantitative estimate of drug-likeness (QED) is 0.581. The van der Waals surface area contributed by atoms with Gasteiger partial charge >= 0.3 is 0 Å². The number of anilines is 2. The van der Waals surface area contributed by atoms with Crippen molar-refractivity contribution in [2.75, 3.05) is 15.4 Å². The third kappa shape index (κ3) is 4.76. The zero-order valence-corrected chi connectivity index (χ0v) is 18.4. The van der Waals surface area contributed by atoms with Gasteiger partial charge in [0.15, 0.2) is 0 Å². The molecule has 0 spiro atoms. The van der Waals surface area contributed by atoms with Crippen molar-refractivity contribution in [2.24, 2.45) is 0 Å². The number of carbonyl (C=O) groups excluding carboxylic acids is 2. The third-order valence-electron chi connectivity index (χ3n) is 4.87. The first kappa shape index (κ1) is 21.9. The molecule has 32 heavy (non-hydrogen) atoms. The van der Waals surface area contributed by atoms with Crippen molar-refractivity contribution < 1.29 is 22.7 Å². The molecule has 0 bridgehead atoms. The molecule has 1 N–H and O–H groups in total. The summed E-state index contributed by atoms with van der Waals surface area (Å²) < 4.78 is 30.6. The molecule has 3 aromatic carbocycles. The SMILES string of the molecule is O=C(Nc1ccc(OCc2ccccc2)cc1)c1ccc(N2C(=O)CCS2(=O)=O)cc1Cl. The molecule has 0 unspecified atom stereocenters. The Kier molecular flexibility index (Phi) is 6.16. The first-order valence-corrected chi connectivity index (χ1v) is 11.8. The Balaban J connectivity index is 1.42. The summed E-state index contributed by atoms with van der Waals surface area (Å²) in [6.07, 6.45) is -0.0761. The van der Waals surface area contributed by atoms with Gasteiger partial charge in [0.05, 0.1) is 22.0 Å². The average molecular weight is 471 g/mol. The lowest BCUT2D eigenvalue weighted by molar-refractivity contribution is -0.116. The van der Waals surface area contributed by atoms with Gasteiger partial charge in [0, 0.05) is 12.1 Å². The van der Waals surface area contributed by atoms with E-state index in [2.05, 4.69) is 5.32 Å². The number of nitrogens with one attached hydrogen (secondary N) is 1. The number of nitrogens with zero attached hydrogens (tertiary/aromatic N) is 1. The van der Waals surface area contributed by atoms with Crippen molar-refractivity contribution in [1.82, 2.24) is 0 Å². The molecule has 0 atom stereocenters. The maximum Gasteiger partial charge on any atom is 0.257 e. The number of benzene rings is 3. The fourth-order valence-electron chi connectivity index (χ4n) is 3.26. The van der Waals surface area contributed by atoms with Gasteiger partial charge in [-0.15, -0.1) is 0 Å². The van der Waals surface area contributed by atoms with Crippen molar-refractivity contribution >= 4 is 44.8 Å². The van der Waals surface area contributed by atoms with E-state index in [-0.39, 0.29) is 28.4 Å². The van der Waals surface area contributed by atoms with Crippen molar-refractivity contribution in [1.29, 1.82) is 0 Å². The van der Waals surface area contributed by atoms with E-state index in [4.69, 9.17) is 16.3 Å². The van der Waals surface area contributed by atoms with E-state index in [0.717, 1.165) is 9.87 Å². The molecule has 0 aliphatic carbocycles. The normalized spacial score (nSPS) is 14.9. The molecule has 4 rings (SSSR count). The molecule has 7 nitrogen and oxygen atoms in total. The second kappa shape index (κ2) is 9.02. The summed E-state index contributed by atoms with van der Waals surface area (Å²) in [7, 11) is -3.70. The average Bonchev–Trinajstić information content (AvgIpc) is 3.06. The predicted octanol–water partition coefficient (Wildman–Crippen LogP) is 4.24. The van der Waals surface area contributed by atoms with Gasteiger partial charge in [0.2, 0.25) is 15.9 Å². The Labute approximate surface area is 190 Å². The maximum atomic E-state index is 12.6. The van der Waals surface area contributed by atoms with Crippen LogP contribution in [0.3, 0.4) is 0 Å². The van der Waals surface area contributed by atoms with Gasteiger partial charge in [-0.3, -0.25) is 9.59 Å². The standard InChI is InChI=1S/C23H19ClN2O5S/c24-21-14-18(26-22(27)12-13-32(26,29)30)8-11-20(21)23(28)25-17-6-9-19(10-7-17)31-15-16-4-2-1-3-5-16/h1-11,14H,12-13,15H2,(H,25,28). The Hall–Kier alpha value is -3.36. The van der Waals surface area contributed by atoms with Crippen molar-refractivity contribution in [3.8, 4) is 5.75 Å². The Bertz CT molecular complexity index is 1260. The summed E-state index contributed by atoms with van der Waals surface area (Å²) in [5.74, 6) is -0.565. The highest BCUT2D eigenvalue weighted by molar-refractivity contribution is 7.94. The molecule has 1 fully saturated rings. The minimum atomic E-state index is -3.70. The highest BCUT2D eigenvalue weighted by Crippen LogP contribution is 2.30. The highest BCUT2D eigenvalue weighted by Gasteiger charge is 2.36. The molecule has 0 radical (unpaired) electrons. The van der Waals surface area contributed by atoms with Crippen LogP contribution in [0, 0.1) is 0 Å². The molecule has 3 aromatic rings. The lowest BCUT2D eigenvalue weighted by atomic mass is 10.1. The van der Waals surface area contributed by atoms with Gasteiger partial charge in [-0.1, -0.05) is 41.9 Å². The Morgan fingerprint density at radius 3 is 2.38 bits per heavy atom. The van der Waals surface area contributed by atoms with Gasteiger partial charge in [-0.2, -0.15) is 0 Å². The predicted molar refractivity (Wildman–Crippen MR) is 123 cm³/mol. The Morgan fingerprint density at radius 2 is 1.75 bits per heavy atom. The molecule has 1 saturated heterocycles. The van der Waals surface area contributed by atoms with Crippen LogP contribution in [-0.2, 0) is 21.4 Å². The van der Waals surface area contributed by atoms with Gasteiger partial charge in [-0.05, 0) is 48.0 Å². The minimum absolute atomic E-state index is 0.0396. The second-order valence-electron chi connectivity index (χ2n) is 7.14. The zero-order valence-electron chi connectivity index (χ0n) is 16.8. The lowest BCUT2D eigenvalue weighted by Crippen LogP contribution is -2.29. The zero-order chi connectivity index (χ0) is 22.7. The third-order valence-corrected chi connectivity index (χ3v) is 6.87. The molecule has 164 valence electrons. The molecule has 1 aliphatic heterocycles. The number of ether oxygens (including phenoxy) is 1. The second-order valence-corrected chi connectivity index (χ2v) is 9.49. The topological polar surface area (TPSA) is 92.8 Å². The summed E-state index contributed by atoms with van der Waals surface area (Å²) in [5, 5.41) is 2.78. The van der Waals surface area contributed by atoms with E-state index < -0.39 is 21.8 Å². The minimum Gasteiger partial charge on any atom is -0.489 e. The van der Waals surface area contributed by atoms with Crippen LogP contribution >= 0.6 is 11.6 Å². The number of sulfonamides is 1. The number of rotatable bonds is 6. The molecule has 0 aromatic heterocycles.